The van der Waals surface area contributed by atoms with Crippen LogP contribution in [0.2, 0.25) is 5.02 Å². The van der Waals surface area contributed by atoms with Gasteiger partial charge in [-0.25, -0.2) is 0 Å². The van der Waals surface area contributed by atoms with Crippen LogP contribution in [0.5, 0.6) is 0 Å². The highest BCUT2D eigenvalue weighted by Gasteiger charge is 2.16. The van der Waals surface area contributed by atoms with E-state index in [0.29, 0.717) is 17.4 Å². The SMILES string of the molecule is CN(C)Cc1cc(NC(=O)c2nn(C)cc2Cl)n[nH]1. The maximum Gasteiger partial charge on any atom is 0.278 e. The van der Waals surface area contributed by atoms with Crippen molar-refractivity contribution in [1.82, 2.24) is 24.9 Å². The molecule has 0 unspecified atom stereocenters. The lowest BCUT2D eigenvalue weighted by Crippen LogP contribution is -2.13. The van der Waals surface area contributed by atoms with Crippen LogP contribution in [-0.4, -0.2) is 44.9 Å². The average molecular weight is 283 g/mol. The van der Waals surface area contributed by atoms with E-state index in [1.165, 1.54) is 4.68 Å². The highest BCUT2D eigenvalue weighted by molar-refractivity contribution is 6.34. The molecule has 19 heavy (non-hydrogen) atoms. The van der Waals surface area contributed by atoms with Crippen molar-refractivity contribution in [3.05, 3.63) is 28.7 Å². The molecule has 7 nitrogen and oxygen atoms in total. The normalized spacial score (nSPS) is 11.0. The second kappa shape index (κ2) is 5.41. The van der Waals surface area contributed by atoms with Crippen LogP contribution in [0, 0.1) is 0 Å². The Morgan fingerprint density at radius 2 is 2.32 bits per heavy atom. The summed E-state index contributed by atoms with van der Waals surface area (Å²) in [6.07, 6.45) is 1.57. The van der Waals surface area contributed by atoms with E-state index in [1.54, 1.807) is 19.3 Å². The van der Waals surface area contributed by atoms with E-state index < -0.39 is 0 Å². The topological polar surface area (TPSA) is 78.8 Å². The molecule has 2 aromatic rings. The first kappa shape index (κ1) is 13.6. The number of amides is 1. The summed E-state index contributed by atoms with van der Waals surface area (Å²) in [6, 6.07) is 1.77. The van der Waals surface area contributed by atoms with Gasteiger partial charge in [0.05, 0.1) is 10.7 Å². The predicted octanol–water partition coefficient (Wildman–Crippen LogP) is 1.11. The van der Waals surface area contributed by atoms with Crippen LogP contribution in [0.25, 0.3) is 0 Å². The van der Waals surface area contributed by atoms with Gasteiger partial charge in [-0.1, -0.05) is 11.6 Å². The molecule has 0 aliphatic carbocycles. The molecule has 0 radical (unpaired) electrons. The van der Waals surface area contributed by atoms with E-state index in [0.717, 1.165) is 5.69 Å². The molecule has 2 rings (SSSR count). The van der Waals surface area contributed by atoms with Crippen LogP contribution >= 0.6 is 11.6 Å². The number of hydrogen-bond donors (Lipinski definition) is 2. The van der Waals surface area contributed by atoms with Gasteiger partial charge in [0.1, 0.15) is 0 Å². The van der Waals surface area contributed by atoms with Crippen LogP contribution < -0.4 is 5.32 Å². The van der Waals surface area contributed by atoms with Crippen molar-refractivity contribution < 1.29 is 4.79 Å². The lowest BCUT2D eigenvalue weighted by atomic mass is 10.3. The lowest BCUT2D eigenvalue weighted by molar-refractivity contribution is 0.102. The number of carbonyl (C=O) groups is 1. The Morgan fingerprint density at radius 1 is 1.58 bits per heavy atom. The van der Waals surface area contributed by atoms with Crippen molar-refractivity contribution in [3.8, 4) is 0 Å². The third-order valence-electron chi connectivity index (χ3n) is 2.36. The third-order valence-corrected chi connectivity index (χ3v) is 2.63. The molecule has 0 saturated heterocycles. The van der Waals surface area contributed by atoms with Crippen molar-refractivity contribution in [2.45, 2.75) is 6.54 Å². The third kappa shape index (κ3) is 3.33. The second-order valence-corrected chi connectivity index (χ2v) is 4.88. The van der Waals surface area contributed by atoms with E-state index in [4.69, 9.17) is 11.6 Å². The minimum atomic E-state index is -0.381. The molecule has 8 heteroatoms. The van der Waals surface area contributed by atoms with Crippen LogP contribution in [0.15, 0.2) is 12.3 Å². The summed E-state index contributed by atoms with van der Waals surface area (Å²) in [6.45, 7) is 0.715. The highest BCUT2D eigenvalue weighted by Crippen LogP contribution is 2.15. The fourth-order valence-corrected chi connectivity index (χ4v) is 1.90. The van der Waals surface area contributed by atoms with Gasteiger partial charge in [-0.05, 0) is 14.1 Å². The van der Waals surface area contributed by atoms with Crippen LogP contribution in [0.4, 0.5) is 5.82 Å². The maximum atomic E-state index is 11.9. The molecule has 2 aromatic heterocycles. The number of hydrogen-bond acceptors (Lipinski definition) is 4. The quantitative estimate of drug-likeness (QED) is 0.880. The summed E-state index contributed by atoms with van der Waals surface area (Å²) >= 11 is 5.90. The first-order valence-corrected chi connectivity index (χ1v) is 6.03. The van der Waals surface area contributed by atoms with Gasteiger partial charge in [0.15, 0.2) is 11.5 Å². The fraction of sp³-hybridized carbons (Fsp3) is 0.364. The zero-order chi connectivity index (χ0) is 14.0. The van der Waals surface area contributed by atoms with Gasteiger partial charge in [0.25, 0.3) is 5.91 Å². The fourth-order valence-electron chi connectivity index (χ4n) is 1.64. The van der Waals surface area contributed by atoms with Gasteiger partial charge in [0, 0.05) is 25.9 Å². The smallest absolute Gasteiger partial charge is 0.278 e. The number of rotatable bonds is 4. The summed E-state index contributed by atoms with van der Waals surface area (Å²) < 4.78 is 1.49. The van der Waals surface area contributed by atoms with Crippen LogP contribution in [0.1, 0.15) is 16.2 Å². The van der Waals surface area contributed by atoms with Crippen LogP contribution in [-0.2, 0) is 13.6 Å². The molecule has 1 amide bonds. The summed E-state index contributed by atoms with van der Waals surface area (Å²) in [7, 11) is 5.60. The largest absolute Gasteiger partial charge is 0.304 e. The Morgan fingerprint density at radius 3 is 2.89 bits per heavy atom. The molecule has 2 heterocycles. The average Bonchev–Trinajstić information content (AvgIpc) is 2.84. The van der Waals surface area contributed by atoms with E-state index >= 15 is 0 Å². The number of aryl methyl sites for hydroxylation is 1. The number of nitrogens with one attached hydrogen (secondary N) is 2. The van der Waals surface area contributed by atoms with E-state index in [2.05, 4.69) is 20.6 Å². The molecule has 0 aromatic carbocycles. The Bertz CT molecular complexity index is 588. The van der Waals surface area contributed by atoms with Crippen LogP contribution in [0.3, 0.4) is 0 Å². The molecule has 0 bridgehead atoms. The van der Waals surface area contributed by atoms with Crippen molar-refractivity contribution in [2.24, 2.45) is 7.05 Å². The van der Waals surface area contributed by atoms with Crippen molar-refractivity contribution in [1.29, 1.82) is 0 Å². The molecule has 0 saturated carbocycles. The number of aromatic nitrogens is 4. The maximum absolute atomic E-state index is 11.9. The van der Waals surface area contributed by atoms with Crippen molar-refractivity contribution in [2.75, 3.05) is 19.4 Å². The summed E-state index contributed by atoms with van der Waals surface area (Å²) in [4.78, 5) is 13.9. The van der Waals surface area contributed by atoms with Gasteiger partial charge in [-0.2, -0.15) is 10.2 Å². The van der Waals surface area contributed by atoms with Gasteiger partial charge in [0.2, 0.25) is 0 Å². The molecule has 0 atom stereocenters. The first-order chi connectivity index (χ1) is 8.95. The lowest BCUT2D eigenvalue weighted by Gasteiger charge is -2.05. The van der Waals surface area contributed by atoms with E-state index in [1.807, 2.05) is 19.0 Å². The Kier molecular flexibility index (Phi) is 3.87. The van der Waals surface area contributed by atoms with E-state index in [9.17, 15) is 4.79 Å². The predicted molar refractivity (Wildman–Crippen MR) is 72.1 cm³/mol. The number of halogens is 1. The highest BCUT2D eigenvalue weighted by atomic mass is 35.5. The Hall–Kier alpha value is -1.86. The summed E-state index contributed by atoms with van der Waals surface area (Å²) in [5.74, 6) is 0.0667. The molecule has 0 fully saturated rings. The van der Waals surface area contributed by atoms with E-state index in [-0.39, 0.29) is 11.6 Å². The molecule has 102 valence electrons. The van der Waals surface area contributed by atoms with Gasteiger partial charge < -0.3 is 10.2 Å². The second-order valence-electron chi connectivity index (χ2n) is 4.47. The molecular formula is C11H15ClN6O. The standard InChI is InChI=1S/C11H15ClN6O/c1-17(2)5-7-4-9(15-14-7)13-11(19)10-8(12)6-18(3)16-10/h4,6H,5H2,1-3H3,(H2,13,14,15,19). The summed E-state index contributed by atoms with van der Waals surface area (Å²) in [5, 5.41) is 13.8. The zero-order valence-electron chi connectivity index (χ0n) is 10.9. The number of H-pyrrole nitrogens is 1. The van der Waals surface area contributed by atoms with Gasteiger partial charge >= 0.3 is 0 Å². The molecule has 0 spiro atoms. The first-order valence-electron chi connectivity index (χ1n) is 5.65. The zero-order valence-corrected chi connectivity index (χ0v) is 11.7. The van der Waals surface area contributed by atoms with Crippen molar-refractivity contribution >= 4 is 23.3 Å². The van der Waals surface area contributed by atoms with Crippen molar-refractivity contribution in [3.63, 3.8) is 0 Å². The van der Waals surface area contributed by atoms with Gasteiger partial charge in [-0.15, -0.1) is 0 Å². The molecule has 0 aliphatic rings. The minimum Gasteiger partial charge on any atom is -0.304 e. The Labute approximate surface area is 115 Å². The Balaban J connectivity index is 2.07. The molecule has 0 aliphatic heterocycles. The summed E-state index contributed by atoms with van der Waals surface area (Å²) in [5.41, 5.74) is 1.09. The van der Waals surface area contributed by atoms with Gasteiger partial charge in [-0.3, -0.25) is 14.6 Å². The minimum absolute atomic E-state index is 0.182. The number of carbonyl (C=O) groups excluding carboxylic acids is 1. The molecule has 2 N–H and O–H groups in total. The number of aromatic amines is 1. The number of nitrogens with zero attached hydrogens (tertiary/aromatic N) is 4. The molecular weight excluding hydrogens is 268 g/mol. The monoisotopic (exact) mass is 282 g/mol. The number of anilines is 1.